The maximum Gasteiger partial charge on any atom is 0.159 e. The molecule has 0 radical (unpaired) electrons. The Kier molecular flexibility index (Phi) is 16.8. The zero-order valence-corrected chi connectivity index (χ0v) is 20.9. The minimum Gasteiger partial charge on any atom is -0.400 e. The number of anilines is 1. The third-order valence-electron chi connectivity index (χ3n) is 4.19. The first-order valence-corrected chi connectivity index (χ1v) is 12.1. The second-order valence-electron chi connectivity index (χ2n) is 6.47. The fourth-order valence-electron chi connectivity index (χ4n) is 2.57. The maximum absolute atomic E-state index is 11.7. The standard InChI is InChI=1S/C17H27NOS.C6H5Br.CH4O/c1-5-7-9-18(10-8-6-2)16-11-15(14(3)19)12-17(13-16)20-4;7-6-4-2-1-3-5-6;1-2/h11-13H,5-10H2,1-4H3;1-5H;2H,1H3. The van der Waals surface area contributed by atoms with Crippen molar-refractivity contribution in [3.05, 3.63) is 58.6 Å². The van der Waals surface area contributed by atoms with Gasteiger partial charge in [0, 0.05) is 40.8 Å². The van der Waals surface area contributed by atoms with Gasteiger partial charge in [-0.15, -0.1) is 11.8 Å². The molecule has 0 fully saturated rings. The first kappa shape index (κ1) is 27.7. The number of aliphatic hydroxyl groups excluding tert-OH is 1. The van der Waals surface area contributed by atoms with Crippen molar-refractivity contribution in [3.8, 4) is 0 Å². The number of carbonyl (C=O) groups excluding carboxylic acids is 1. The van der Waals surface area contributed by atoms with Crippen LogP contribution in [0.1, 0.15) is 56.8 Å². The first-order chi connectivity index (χ1) is 14.0. The van der Waals surface area contributed by atoms with E-state index in [9.17, 15) is 4.79 Å². The van der Waals surface area contributed by atoms with Gasteiger partial charge >= 0.3 is 0 Å². The van der Waals surface area contributed by atoms with Crippen LogP contribution >= 0.6 is 27.7 Å². The average Bonchev–Trinajstić information content (AvgIpc) is 2.76. The van der Waals surface area contributed by atoms with Crippen molar-refractivity contribution in [3.63, 3.8) is 0 Å². The molecule has 29 heavy (non-hydrogen) atoms. The van der Waals surface area contributed by atoms with Gasteiger partial charge in [0.25, 0.3) is 0 Å². The number of thioether (sulfide) groups is 1. The lowest BCUT2D eigenvalue weighted by atomic mass is 10.1. The van der Waals surface area contributed by atoms with Gasteiger partial charge in [0.05, 0.1) is 0 Å². The summed E-state index contributed by atoms with van der Waals surface area (Å²) in [7, 11) is 1.00. The van der Waals surface area contributed by atoms with Crippen LogP contribution in [0.2, 0.25) is 0 Å². The Morgan fingerprint density at radius 3 is 1.93 bits per heavy atom. The molecule has 0 aliphatic rings. The molecule has 0 spiro atoms. The number of unbranched alkanes of at least 4 members (excludes halogenated alkanes) is 2. The van der Waals surface area contributed by atoms with Gasteiger partial charge in [-0.1, -0.05) is 60.8 Å². The molecule has 5 heteroatoms. The number of benzene rings is 2. The Labute approximate surface area is 190 Å². The van der Waals surface area contributed by atoms with Crippen LogP contribution < -0.4 is 4.90 Å². The van der Waals surface area contributed by atoms with Crippen LogP contribution in [0.15, 0.2) is 57.9 Å². The SMILES string of the molecule is Brc1ccccc1.CCCCN(CCCC)c1cc(SC)cc(C(C)=O)c1.CO. The van der Waals surface area contributed by atoms with Crippen molar-refractivity contribution in [2.24, 2.45) is 0 Å². The van der Waals surface area contributed by atoms with Gasteiger partial charge in [0.1, 0.15) is 0 Å². The lowest BCUT2D eigenvalue weighted by Gasteiger charge is -2.25. The van der Waals surface area contributed by atoms with E-state index in [1.165, 1.54) is 36.3 Å². The second kappa shape index (κ2) is 17.5. The van der Waals surface area contributed by atoms with Crippen molar-refractivity contribution >= 4 is 39.2 Å². The van der Waals surface area contributed by atoms with E-state index >= 15 is 0 Å². The van der Waals surface area contributed by atoms with Crippen LogP contribution in [-0.2, 0) is 0 Å². The lowest BCUT2D eigenvalue weighted by molar-refractivity contribution is 0.101. The van der Waals surface area contributed by atoms with E-state index in [-0.39, 0.29) is 5.78 Å². The van der Waals surface area contributed by atoms with Gasteiger partial charge in [0.2, 0.25) is 0 Å². The van der Waals surface area contributed by atoms with Gasteiger partial charge < -0.3 is 10.0 Å². The van der Waals surface area contributed by atoms with Crippen LogP contribution in [-0.4, -0.2) is 37.3 Å². The molecule has 0 unspecified atom stereocenters. The topological polar surface area (TPSA) is 40.5 Å². The van der Waals surface area contributed by atoms with Gasteiger partial charge in [-0.25, -0.2) is 0 Å². The fourth-order valence-corrected chi connectivity index (χ4v) is 3.36. The Hall–Kier alpha value is -1.30. The number of carbonyl (C=O) groups is 1. The zero-order chi connectivity index (χ0) is 22.1. The predicted molar refractivity (Wildman–Crippen MR) is 133 cm³/mol. The minimum atomic E-state index is 0.146. The molecule has 0 aromatic heterocycles. The summed E-state index contributed by atoms with van der Waals surface area (Å²) in [6.07, 6.45) is 6.85. The van der Waals surface area contributed by atoms with Gasteiger partial charge in [-0.05, 0) is 56.4 Å². The molecule has 0 saturated carbocycles. The summed E-state index contributed by atoms with van der Waals surface area (Å²) in [5.74, 6) is 0.146. The third-order valence-corrected chi connectivity index (χ3v) is 5.43. The predicted octanol–water partition coefficient (Wildman–Crippen LogP) is 7.08. The highest BCUT2D eigenvalue weighted by atomic mass is 79.9. The molecule has 0 amide bonds. The Balaban J connectivity index is 0.000000722. The molecule has 2 aromatic carbocycles. The lowest BCUT2D eigenvalue weighted by Crippen LogP contribution is -2.25. The van der Waals surface area contributed by atoms with E-state index in [0.29, 0.717) is 0 Å². The summed E-state index contributed by atoms with van der Waals surface area (Å²) in [5.41, 5.74) is 2.02. The van der Waals surface area contributed by atoms with Crippen LogP contribution in [0.3, 0.4) is 0 Å². The highest BCUT2D eigenvalue weighted by Crippen LogP contribution is 2.26. The molecule has 162 valence electrons. The molecule has 0 aliphatic heterocycles. The number of aliphatic hydroxyl groups is 1. The molecule has 2 rings (SSSR count). The molecule has 1 N–H and O–H groups in total. The van der Waals surface area contributed by atoms with Crippen molar-refractivity contribution in [2.45, 2.75) is 51.3 Å². The van der Waals surface area contributed by atoms with E-state index in [1.54, 1.807) is 18.7 Å². The van der Waals surface area contributed by atoms with Crippen molar-refractivity contribution in [1.82, 2.24) is 0 Å². The summed E-state index contributed by atoms with van der Waals surface area (Å²) < 4.78 is 1.13. The highest BCUT2D eigenvalue weighted by Gasteiger charge is 2.10. The Morgan fingerprint density at radius 1 is 1.00 bits per heavy atom. The molecule has 3 nitrogen and oxygen atoms in total. The smallest absolute Gasteiger partial charge is 0.159 e. The van der Waals surface area contributed by atoms with Crippen molar-refractivity contribution in [1.29, 1.82) is 0 Å². The molecule has 0 aliphatic carbocycles. The molecule has 0 bridgehead atoms. The third kappa shape index (κ3) is 12.1. The Morgan fingerprint density at radius 2 is 1.55 bits per heavy atom. The molecule has 0 saturated heterocycles. The van der Waals surface area contributed by atoms with Gasteiger partial charge in [-0.3, -0.25) is 4.79 Å². The Bertz CT molecular complexity index is 672. The van der Waals surface area contributed by atoms with Gasteiger partial charge in [0.15, 0.2) is 5.78 Å². The number of nitrogens with zero attached hydrogens (tertiary/aromatic N) is 1. The minimum absolute atomic E-state index is 0.146. The maximum atomic E-state index is 11.7. The fraction of sp³-hybridized carbons (Fsp3) is 0.458. The summed E-state index contributed by atoms with van der Waals surface area (Å²) in [6, 6.07) is 16.2. The number of rotatable bonds is 9. The summed E-state index contributed by atoms with van der Waals surface area (Å²) in [6.45, 7) is 8.23. The van der Waals surface area contributed by atoms with E-state index < -0.39 is 0 Å². The number of Topliss-reactive ketones (excluding diaryl/α,β-unsaturated/α-hetero) is 1. The summed E-state index contributed by atoms with van der Waals surface area (Å²) >= 11 is 5.01. The molecular weight excluding hydrogens is 446 g/mol. The van der Waals surface area contributed by atoms with E-state index in [0.717, 1.165) is 30.2 Å². The number of hydrogen-bond acceptors (Lipinski definition) is 4. The summed E-state index contributed by atoms with van der Waals surface area (Å²) in [4.78, 5) is 15.3. The zero-order valence-electron chi connectivity index (χ0n) is 18.5. The summed E-state index contributed by atoms with van der Waals surface area (Å²) in [5, 5.41) is 7.00. The normalized spacial score (nSPS) is 9.62. The molecule has 0 heterocycles. The largest absolute Gasteiger partial charge is 0.400 e. The van der Waals surface area contributed by atoms with Crippen LogP contribution in [0.25, 0.3) is 0 Å². The van der Waals surface area contributed by atoms with E-state index in [1.807, 2.05) is 42.5 Å². The van der Waals surface area contributed by atoms with E-state index in [4.69, 9.17) is 5.11 Å². The number of hydrogen-bond donors (Lipinski definition) is 1. The number of halogens is 1. The molecular formula is C24H36BrNO2S. The molecule has 0 atom stereocenters. The first-order valence-electron chi connectivity index (χ1n) is 10.1. The van der Waals surface area contributed by atoms with E-state index in [2.05, 4.69) is 47.0 Å². The van der Waals surface area contributed by atoms with Crippen LogP contribution in [0, 0.1) is 0 Å². The number of ketones is 1. The average molecular weight is 483 g/mol. The van der Waals surface area contributed by atoms with Crippen LogP contribution in [0.5, 0.6) is 0 Å². The monoisotopic (exact) mass is 481 g/mol. The molecule has 2 aromatic rings. The quantitative estimate of drug-likeness (QED) is 0.306. The van der Waals surface area contributed by atoms with Gasteiger partial charge in [-0.2, -0.15) is 0 Å². The van der Waals surface area contributed by atoms with Crippen LogP contribution in [0.4, 0.5) is 5.69 Å². The second-order valence-corrected chi connectivity index (χ2v) is 8.26. The highest BCUT2D eigenvalue weighted by molar-refractivity contribution is 9.10. The van der Waals surface area contributed by atoms with Crippen molar-refractivity contribution in [2.75, 3.05) is 31.4 Å². The van der Waals surface area contributed by atoms with Crippen molar-refractivity contribution < 1.29 is 9.90 Å².